The molecule has 2 atom stereocenters. The summed E-state index contributed by atoms with van der Waals surface area (Å²) in [4.78, 5) is 11.9. The Hall–Kier alpha value is -5.58. The van der Waals surface area contributed by atoms with Crippen molar-refractivity contribution >= 4 is 38.7 Å². The molecule has 2 heterocycles. The molecule has 5 aliphatic carbocycles. The van der Waals surface area contributed by atoms with E-state index in [9.17, 15) is 0 Å². The zero-order valence-electron chi connectivity index (χ0n) is 33.3. The molecule has 5 aromatic carbocycles. The van der Waals surface area contributed by atoms with Crippen molar-refractivity contribution in [3.8, 4) is 33.4 Å². The second-order valence-electron chi connectivity index (χ2n) is 17.8. The van der Waals surface area contributed by atoms with Gasteiger partial charge in [-0.3, -0.25) is 0 Å². The van der Waals surface area contributed by atoms with Crippen LogP contribution in [0.2, 0.25) is 0 Å². The number of hydrogen-bond donors (Lipinski definition) is 1. The molecule has 0 amide bonds. The highest BCUT2D eigenvalue weighted by atomic mass is 32.1. The monoisotopic (exact) mass is 769 g/mol. The zero-order valence-corrected chi connectivity index (χ0v) is 34.1. The van der Waals surface area contributed by atoms with Crippen molar-refractivity contribution in [3.05, 3.63) is 172 Å². The van der Waals surface area contributed by atoms with Crippen LogP contribution in [0.15, 0.2) is 143 Å². The van der Waals surface area contributed by atoms with E-state index < -0.39 is 0 Å². The molecule has 2 unspecified atom stereocenters. The van der Waals surface area contributed by atoms with Gasteiger partial charge >= 0.3 is 0 Å². The molecule has 1 spiro atoms. The van der Waals surface area contributed by atoms with E-state index in [1.165, 1.54) is 103 Å². The molecule has 1 fully saturated rings. The SMILES string of the molecule is CC1(C)c2ccccc2-c2cc3c(cc21)-c1c(-c2ccc4sc5c(c4c2)CCC=C5C2=NC(c4ccccc4)N=C(C4C=CC=CC4)N2)cccc1C31CCCCC1. The van der Waals surface area contributed by atoms with Crippen LogP contribution in [0.5, 0.6) is 0 Å². The van der Waals surface area contributed by atoms with Gasteiger partial charge in [0.1, 0.15) is 11.7 Å². The normalized spacial score (nSPS) is 21.7. The third kappa shape index (κ3) is 5.03. The number of allylic oxidation sites excluding steroid dienone is 4. The van der Waals surface area contributed by atoms with Crippen LogP contribution in [0.4, 0.5) is 0 Å². The van der Waals surface area contributed by atoms with Crippen molar-refractivity contribution in [2.24, 2.45) is 15.9 Å². The summed E-state index contributed by atoms with van der Waals surface area (Å²) in [5.41, 5.74) is 18.4. The van der Waals surface area contributed by atoms with Crippen molar-refractivity contribution in [1.82, 2.24) is 5.32 Å². The van der Waals surface area contributed by atoms with Gasteiger partial charge in [-0.1, -0.05) is 142 Å². The standard InChI is InChI=1S/C54H47N3S/c1-53(2)43-24-11-10-20-37(43)40-31-46-42(32-45(40)53)48-36(21-15-25-44(48)54(46)28-12-5-13-29-54)35-26-27-47-41(30-35)38-22-14-23-39(49(38)58-47)52-56-50(33-16-6-3-7-17-33)55-51(57-52)34-18-8-4-9-19-34/h3-4,6-11,15-18,20-21,23-27,30-32,34,50H,5,12-14,19,22,28-29H2,1-2H3,(H,55,56,57). The van der Waals surface area contributed by atoms with E-state index in [2.05, 4.69) is 153 Å². The maximum atomic E-state index is 5.32. The number of aryl methyl sites for hydroxylation is 1. The highest BCUT2D eigenvalue weighted by Crippen LogP contribution is 2.61. The molecule has 1 aromatic heterocycles. The Morgan fingerprint density at radius 3 is 2.38 bits per heavy atom. The van der Waals surface area contributed by atoms with Gasteiger partial charge in [0.05, 0.1) is 0 Å². The maximum Gasteiger partial charge on any atom is 0.169 e. The van der Waals surface area contributed by atoms with E-state index >= 15 is 0 Å². The Kier molecular flexibility index (Phi) is 7.70. The van der Waals surface area contributed by atoms with Gasteiger partial charge in [-0.05, 0) is 129 Å². The zero-order chi connectivity index (χ0) is 38.6. The molecule has 0 bridgehead atoms. The number of hydrogen-bond acceptors (Lipinski definition) is 4. The Bertz CT molecular complexity index is 2850. The van der Waals surface area contributed by atoms with Crippen molar-refractivity contribution in [2.75, 3.05) is 0 Å². The largest absolute Gasteiger partial charge is 0.328 e. The van der Waals surface area contributed by atoms with Gasteiger partial charge in [0.15, 0.2) is 6.17 Å². The van der Waals surface area contributed by atoms with E-state index in [0.717, 1.165) is 36.5 Å². The van der Waals surface area contributed by atoms with Gasteiger partial charge in [0.25, 0.3) is 0 Å². The first-order chi connectivity index (χ1) is 28.5. The predicted molar refractivity (Wildman–Crippen MR) is 244 cm³/mol. The van der Waals surface area contributed by atoms with Crippen molar-refractivity contribution in [3.63, 3.8) is 0 Å². The molecule has 6 aliphatic rings. The predicted octanol–water partition coefficient (Wildman–Crippen LogP) is 13.7. The van der Waals surface area contributed by atoms with Crippen molar-refractivity contribution < 1.29 is 0 Å². The number of rotatable bonds is 4. The van der Waals surface area contributed by atoms with Crippen LogP contribution < -0.4 is 5.32 Å². The average Bonchev–Trinajstić information content (AvgIpc) is 3.86. The fraction of sp³-hybridized carbons (Fsp3) is 0.259. The summed E-state index contributed by atoms with van der Waals surface area (Å²) in [5, 5.41) is 5.15. The lowest BCUT2D eigenvalue weighted by atomic mass is 9.67. The van der Waals surface area contributed by atoms with Crippen LogP contribution in [0, 0.1) is 5.92 Å². The summed E-state index contributed by atoms with van der Waals surface area (Å²) in [5.74, 6) is 2.16. The minimum Gasteiger partial charge on any atom is -0.328 e. The summed E-state index contributed by atoms with van der Waals surface area (Å²) in [6.07, 6.45) is 20.3. The van der Waals surface area contributed by atoms with Crippen LogP contribution in [0.1, 0.15) is 103 Å². The number of nitrogens with one attached hydrogen (secondary N) is 1. The third-order valence-electron chi connectivity index (χ3n) is 14.3. The van der Waals surface area contributed by atoms with Crippen LogP contribution in [0.3, 0.4) is 0 Å². The van der Waals surface area contributed by atoms with Gasteiger partial charge in [-0.2, -0.15) is 0 Å². The van der Waals surface area contributed by atoms with E-state index in [1.807, 2.05) is 11.3 Å². The second kappa shape index (κ2) is 13.0. The first kappa shape index (κ1) is 34.5. The van der Waals surface area contributed by atoms with Gasteiger partial charge < -0.3 is 5.32 Å². The summed E-state index contributed by atoms with van der Waals surface area (Å²) in [6, 6.07) is 39.5. The maximum absolute atomic E-state index is 5.32. The number of aliphatic imine (C=N–C) groups is 2. The fourth-order valence-corrected chi connectivity index (χ4v) is 12.7. The molecule has 12 rings (SSSR count). The topological polar surface area (TPSA) is 36.8 Å². The molecular weight excluding hydrogens is 723 g/mol. The molecule has 284 valence electrons. The molecule has 0 radical (unpaired) electrons. The van der Waals surface area contributed by atoms with Crippen LogP contribution in [-0.4, -0.2) is 11.7 Å². The smallest absolute Gasteiger partial charge is 0.169 e. The summed E-state index contributed by atoms with van der Waals surface area (Å²) in [7, 11) is 0. The number of thiophene rings is 1. The Morgan fingerprint density at radius 1 is 0.707 bits per heavy atom. The summed E-state index contributed by atoms with van der Waals surface area (Å²) < 4.78 is 1.35. The molecule has 1 aliphatic heterocycles. The quantitative estimate of drug-likeness (QED) is 0.190. The first-order valence-electron chi connectivity index (χ1n) is 21.5. The van der Waals surface area contributed by atoms with Crippen molar-refractivity contribution in [1.29, 1.82) is 0 Å². The van der Waals surface area contributed by atoms with Crippen molar-refractivity contribution in [2.45, 2.75) is 82.2 Å². The molecule has 58 heavy (non-hydrogen) atoms. The third-order valence-corrected chi connectivity index (χ3v) is 15.6. The molecule has 4 heteroatoms. The minimum absolute atomic E-state index is 0.0341. The Morgan fingerprint density at radius 2 is 1.52 bits per heavy atom. The van der Waals surface area contributed by atoms with Gasteiger partial charge in [-0.15, -0.1) is 11.3 Å². The summed E-state index contributed by atoms with van der Waals surface area (Å²) >= 11 is 1.92. The van der Waals surface area contributed by atoms with E-state index in [0.29, 0.717) is 0 Å². The van der Waals surface area contributed by atoms with E-state index in [1.54, 1.807) is 11.1 Å². The van der Waals surface area contributed by atoms with Gasteiger partial charge in [0, 0.05) is 31.9 Å². The van der Waals surface area contributed by atoms with E-state index in [4.69, 9.17) is 9.98 Å². The molecular formula is C54H47N3S. The first-order valence-corrected chi connectivity index (χ1v) is 22.3. The highest BCUT2D eigenvalue weighted by Gasteiger charge is 2.47. The van der Waals surface area contributed by atoms with E-state index in [-0.39, 0.29) is 22.9 Å². The van der Waals surface area contributed by atoms with Gasteiger partial charge in [-0.25, -0.2) is 9.98 Å². The number of amidine groups is 2. The molecule has 6 aromatic rings. The average molecular weight is 770 g/mol. The van der Waals surface area contributed by atoms with Gasteiger partial charge in [0.2, 0.25) is 0 Å². The molecule has 1 saturated carbocycles. The highest BCUT2D eigenvalue weighted by molar-refractivity contribution is 7.20. The lowest BCUT2D eigenvalue weighted by Crippen LogP contribution is -2.39. The Labute approximate surface area is 345 Å². The second-order valence-corrected chi connectivity index (χ2v) is 18.9. The van der Waals surface area contributed by atoms with Crippen LogP contribution in [-0.2, 0) is 17.3 Å². The van der Waals surface area contributed by atoms with Crippen LogP contribution >= 0.6 is 11.3 Å². The lowest BCUT2D eigenvalue weighted by molar-refractivity contribution is 0.353. The molecule has 0 saturated heterocycles. The summed E-state index contributed by atoms with van der Waals surface area (Å²) in [6.45, 7) is 4.85. The number of fused-ring (bicyclic) bond motifs is 11. The minimum atomic E-state index is -0.268. The Balaban J connectivity index is 0.976. The fourth-order valence-electron chi connectivity index (χ4n) is 11.5. The lowest BCUT2D eigenvalue weighted by Gasteiger charge is -2.36. The molecule has 3 nitrogen and oxygen atoms in total. The van der Waals surface area contributed by atoms with Crippen LogP contribution in [0.25, 0.3) is 49.0 Å². The number of nitrogens with zero attached hydrogens (tertiary/aromatic N) is 2. The molecule has 1 N–H and O–H groups in total. The number of benzene rings is 5.